The van der Waals surface area contributed by atoms with Gasteiger partial charge in [0.1, 0.15) is 6.04 Å². The summed E-state index contributed by atoms with van der Waals surface area (Å²) in [6.07, 6.45) is 4.98. The van der Waals surface area contributed by atoms with Gasteiger partial charge in [-0.15, -0.1) is 0 Å². The van der Waals surface area contributed by atoms with Gasteiger partial charge >= 0.3 is 0 Å². The molecule has 1 heterocycles. The molecule has 114 valence electrons. The summed E-state index contributed by atoms with van der Waals surface area (Å²) >= 11 is 0. The van der Waals surface area contributed by atoms with E-state index in [-0.39, 0.29) is 18.2 Å². The van der Waals surface area contributed by atoms with Gasteiger partial charge in [-0.2, -0.15) is 5.26 Å². The number of allylic oxidation sites excluding steroid dienone is 2. The third-order valence-corrected chi connectivity index (χ3v) is 3.93. The predicted octanol–water partition coefficient (Wildman–Crippen LogP) is 3.94. The van der Waals surface area contributed by atoms with Crippen molar-refractivity contribution < 1.29 is 4.74 Å². The smallest absolute Gasteiger partial charge is 0.125 e. The molecule has 1 fully saturated rings. The fourth-order valence-corrected chi connectivity index (χ4v) is 2.55. The van der Waals surface area contributed by atoms with Crippen LogP contribution in [0.25, 0.3) is 0 Å². The lowest BCUT2D eigenvalue weighted by atomic mass is 10.1. The molecule has 0 aromatic heterocycles. The van der Waals surface area contributed by atoms with E-state index < -0.39 is 0 Å². The fourth-order valence-electron chi connectivity index (χ4n) is 2.55. The third kappa shape index (κ3) is 4.70. The molecule has 0 radical (unpaired) electrons. The summed E-state index contributed by atoms with van der Waals surface area (Å²) in [5.74, 6) is 0. The van der Waals surface area contributed by atoms with Crippen molar-refractivity contribution in [3.63, 3.8) is 0 Å². The molecule has 0 bridgehead atoms. The fraction of sp³-hybridized carbons (Fsp3) is 0.500. The van der Waals surface area contributed by atoms with E-state index in [1.807, 2.05) is 44.2 Å². The molecule has 1 aliphatic rings. The number of hydrogen-bond donors (Lipinski definition) is 0. The lowest BCUT2D eigenvalue weighted by Gasteiger charge is -2.28. The van der Waals surface area contributed by atoms with Crippen LogP contribution in [0.3, 0.4) is 0 Å². The highest BCUT2D eigenvalue weighted by Crippen LogP contribution is 2.30. The second kappa shape index (κ2) is 9.33. The average molecular weight is 286 g/mol. The normalized spacial score (nSPS) is 23.4. The maximum Gasteiger partial charge on any atom is 0.125 e. The first kappa shape index (κ1) is 17.4. The van der Waals surface area contributed by atoms with Gasteiger partial charge in [0.15, 0.2) is 0 Å². The molecule has 0 spiro atoms. The van der Waals surface area contributed by atoms with Gasteiger partial charge in [0.25, 0.3) is 0 Å². The molecule has 3 atom stereocenters. The first-order valence-corrected chi connectivity index (χ1v) is 7.50. The van der Waals surface area contributed by atoms with Gasteiger partial charge in [-0.25, -0.2) is 0 Å². The Balaban J connectivity index is 0.000000491. The second-order valence-corrected chi connectivity index (χ2v) is 5.13. The zero-order chi connectivity index (χ0) is 15.7. The van der Waals surface area contributed by atoms with Crippen molar-refractivity contribution in [3.05, 3.63) is 48.0 Å². The van der Waals surface area contributed by atoms with Gasteiger partial charge in [-0.1, -0.05) is 42.5 Å². The van der Waals surface area contributed by atoms with Gasteiger partial charge in [-0.05, 0) is 32.8 Å². The maximum absolute atomic E-state index is 9.26. The van der Waals surface area contributed by atoms with Crippen LogP contribution in [0.1, 0.15) is 38.8 Å². The summed E-state index contributed by atoms with van der Waals surface area (Å²) in [5, 5.41) is 9.26. The highest BCUT2D eigenvalue weighted by Gasteiger charge is 2.37. The van der Waals surface area contributed by atoms with E-state index >= 15 is 0 Å². The highest BCUT2D eigenvalue weighted by molar-refractivity contribution is 5.20. The molecular weight excluding hydrogens is 260 g/mol. The molecule has 0 amide bonds. The number of nitriles is 1. The van der Waals surface area contributed by atoms with Crippen molar-refractivity contribution >= 4 is 0 Å². The molecule has 1 aliphatic heterocycles. The van der Waals surface area contributed by atoms with E-state index in [1.54, 1.807) is 7.11 Å². The average Bonchev–Trinajstić information content (AvgIpc) is 2.98. The highest BCUT2D eigenvalue weighted by atomic mass is 16.5. The van der Waals surface area contributed by atoms with Crippen LogP contribution in [-0.2, 0) is 4.74 Å². The minimum atomic E-state index is -0.129. The molecule has 1 saturated heterocycles. The summed E-state index contributed by atoms with van der Waals surface area (Å²) in [7, 11) is 1.69. The predicted molar refractivity (Wildman–Crippen MR) is 86.9 cm³/mol. The number of benzene rings is 1. The van der Waals surface area contributed by atoms with Gasteiger partial charge in [0.05, 0.1) is 12.2 Å². The van der Waals surface area contributed by atoms with Gasteiger partial charge in [0.2, 0.25) is 0 Å². The van der Waals surface area contributed by atoms with E-state index in [1.165, 1.54) is 5.56 Å². The largest absolute Gasteiger partial charge is 0.379 e. The molecule has 1 aromatic rings. The summed E-state index contributed by atoms with van der Waals surface area (Å²) in [6.45, 7) is 7.07. The first-order valence-electron chi connectivity index (χ1n) is 7.50. The summed E-state index contributed by atoms with van der Waals surface area (Å²) in [4.78, 5) is 2.23. The van der Waals surface area contributed by atoms with Crippen LogP contribution in [0, 0.1) is 11.3 Å². The number of nitrogens with zero attached hydrogens (tertiary/aromatic N) is 2. The van der Waals surface area contributed by atoms with Crippen LogP contribution in [0.5, 0.6) is 0 Å². The lowest BCUT2D eigenvalue weighted by molar-refractivity contribution is 0.0774. The van der Waals surface area contributed by atoms with Crippen molar-refractivity contribution in [2.45, 2.75) is 45.4 Å². The van der Waals surface area contributed by atoms with E-state index in [9.17, 15) is 5.26 Å². The van der Waals surface area contributed by atoms with Crippen LogP contribution in [0.4, 0.5) is 0 Å². The van der Waals surface area contributed by atoms with Crippen molar-refractivity contribution in [3.8, 4) is 6.07 Å². The number of methoxy groups -OCH3 is 1. The summed E-state index contributed by atoms with van der Waals surface area (Å²) < 4.78 is 5.37. The Morgan fingerprint density at radius 3 is 2.38 bits per heavy atom. The molecule has 3 nitrogen and oxygen atoms in total. The van der Waals surface area contributed by atoms with Crippen LogP contribution >= 0.6 is 0 Å². The number of hydrogen-bond acceptors (Lipinski definition) is 3. The minimum absolute atomic E-state index is 0.0474. The lowest BCUT2D eigenvalue weighted by Crippen LogP contribution is -2.36. The second-order valence-electron chi connectivity index (χ2n) is 5.13. The molecule has 2 rings (SSSR count). The quantitative estimate of drug-likeness (QED) is 0.790. The standard InChI is InChI=1S/C14H18N2O.C4H8/c1-11(12-6-4-3-5-7-12)16-9-8-14(17-2)13(16)10-15;1-3-4-2/h3-7,11,13-14H,8-9H2,1-2H3;3-4H,1-2H3/b;4-3-. The summed E-state index contributed by atoms with van der Waals surface area (Å²) in [5.41, 5.74) is 1.25. The Hall–Kier alpha value is -1.63. The third-order valence-electron chi connectivity index (χ3n) is 3.93. The molecule has 0 saturated carbocycles. The SMILES string of the molecule is C/C=C\C.COC1CCN(C(C)c2ccccc2)C1C#N. The van der Waals surface area contributed by atoms with E-state index in [4.69, 9.17) is 4.74 Å². The van der Waals surface area contributed by atoms with Crippen LogP contribution in [0.2, 0.25) is 0 Å². The topological polar surface area (TPSA) is 36.3 Å². The Labute approximate surface area is 128 Å². The zero-order valence-electron chi connectivity index (χ0n) is 13.5. The molecule has 3 heteroatoms. The molecule has 0 N–H and O–H groups in total. The minimum Gasteiger partial charge on any atom is -0.379 e. The molecule has 21 heavy (non-hydrogen) atoms. The Bertz CT molecular complexity index is 460. The van der Waals surface area contributed by atoms with Crippen LogP contribution < -0.4 is 0 Å². The zero-order valence-corrected chi connectivity index (χ0v) is 13.5. The Morgan fingerprint density at radius 1 is 1.29 bits per heavy atom. The van der Waals surface area contributed by atoms with E-state index in [2.05, 4.69) is 30.0 Å². The summed E-state index contributed by atoms with van der Waals surface area (Å²) in [6, 6.07) is 12.8. The molecule has 0 aliphatic carbocycles. The van der Waals surface area contributed by atoms with Crippen LogP contribution in [0.15, 0.2) is 42.5 Å². The van der Waals surface area contributed by atoms with Gasteiger partial charge in [0, 0.05) is 19.7 Å². The van der Waals surface area contributed by atoms with Gasteiger partial charge < -0.3 is 4.74 Å². The van der Waals surface area contributed by atoms with Crippen molar-refractivity contribution in [1.29, 1.82) is 5.26 Å². The monoisotopic (exact) mass is 286 g/mol. The number of likely N-dealkylation sites (tertiary alicyclic amines) is 1. The van der Waals surface area contributed by atoms with Crippen molar-refractivity contribution in [2.75, 3.05) is 13.7 Å². The number of ether oxygens (including phenoxy) is 1. The van der Waals surface area contributed by atoms with E-state index in [0.717, 1.165) is 13.0 Å². The van der Waals surface area contributed by atoms with Crippen LogP contribution in [-0.4, -0.2) is 30.7 Å². The maximum atomic E-state index is 9.26. The molecular formula is C18H26N2O. The molecule has 1 aromatic carbocycles. The Morgan fingerprint density at radius 2 is 1.90 bits per heavy atom. The number of rotatable bonds is 3. The van der Waals surface area contributed by atoms with E-state index in [0.29, 0.717) is 0 Å². The first-order chi connectivity index (χ1) is 10.2. The van der Waals surface area contributed by atoms with Crippen molar-refractivity contribution in [2.24, 2.45) is 0 Å². The Kier molecular flexibility index (Phi) is 7.74. The van der Waals surface area contributed by atoms with Crippen molar-refractivity contribution in [1.82, 2.24) is 4.90 Å². The van der Waals surface area contributed by atoms with Gasteiger partial charge in [-0.3, -0.25) is 4.90 Å². The molecule has 3 unspecified atom stereocenters.